The standard InChI is InChI=1S/C19H24NOP/c1-15-8-7-9-16(14-20-12-5-2-6-13-20)19(15)22-18-11-4-3-10-17(18)21/h3-4,7-11,21-22H,2,5-6,12-14H2,1H3. The molecule has 0 aromatic heterocycles. The first-order valence-corrected chi connectivity index (χ1v) is 9.10. The molecule has 1 saturated heterocycles. The first kappa shape index (κ1) is 15.5. The van der Waals surface area contributed by atoms with Crippen LogP contribution in [0, 0.1) is 6.92 Å². The largest absolute Gasteiger partial charge is 0.507 e. The highest BCUT2D eigenvalue weighted by Gasteiger charge is 2.14. The Kier molecular flexibility index (Phi) is 5.12. The molecule has 2 nitrogen and oxygen atoms in total. The van der Waals surface area contributed by atoms with Gasteiger partial charge in [-0.05, 0) is 55.4 Å². The highest BCUT2D eigenvalue weighted by Crippen LogP contribution is 2.23. The van der Waals surface area contributed by atoms with E-state index in [1.165, 1.54) is 48.8 Å². The number of hydrogen-bond donors (Lipinski definition) is 1. The topological polar surface area (TPSA) is 23.5 Å². The van der Waals surface area contributed by atoms with E-state index >= 15 is 0 Å². The summed E-state index contributed by atoms with van der Waals surface area (Å²) < 4.78 is 0. The molecule has 0 saturated carbocycles. The van der Waals surface area contributed by atoms with Gasteiger partial charge in [0.2, 0.25) is 0 Å². The van der Waals surface area contributed by atoms with Crippen LogP contribution in [0.3, 0.4) is 0 Å². The minimum Gasteiger partial charge on any atom is -0.507 e. The maximum absolute atomic E-state index is 10.1. The van der Waals surface area contributed by atoms with Gasteiger partial charge in [-0.3, -0.25) is 4.90 Å². The van der Waals surface area contributed by atoms with Gasteiger partial charge in [0.15, 0.2) is 0 Å². The molecule has 22 heavy (non-hydrogen) atoms. The molecule has 2 aromatic rings. The smallest absolute Gasteiger partial charge is 0.123 e. The number of likely N-dealkylation sites (tertiary alicyclic amines) is 1. The van der Waals surface area contributed by atoms with Gasteiger partial charge >= 0.3 is 0 Å². The van der Waals surface area contributed by atoms with E-state index in [4.69, 9.17) is 0 Å². The molecular weight excluding hydrogens is 289 g/mol. The normalized spacial score (nSPS) is 16.4. The molecule has 1 N–H and O–H groups in total. The average Bonchev–Trinajstić information content (AvgIpc) is 2.53. The number of aromatic hydroxyl groups is 1. The molecule has 116 valence electrons. The lowest BCUT2D eigenvalue weighted by atomic mass is 10.1. The number of hydrogen-bond acceptors (Lipinski definition) is 2. The van der Waals surface area contributed by atoms with Crippen molar-refractivity contribution in [2.75, 3.05) is 13.1 Å². The van der Waals surface area contributed by atoms with Gasteiger partial charge in [0.1, 0.15) is 5.75 Å². The maximum Gasteiger partial charge on any atom is 0.123 e. The van der Waals surface area contributed by atoms with Crippen LogP contribution in [0.4, 0.5) is 0 Å². The van der Waals surface area contributed by atoms with Gasteiger partial charge in [-0.25, -0.2) is 0 Å². The number of nitrogens with zero attached hydrogens (tertiary/aromatic N) is 1. The van der Waals surface area contributed by atoms with Crippen molar-refractivity contribution in [1.82, 2.24) is 4.90 Å². The van der Waals surface area contributed by atoms with Crippen molar-refractivity contribution < 1.29 is 5.11 Å². The molecular formula is C19H24NOP. The first-order valence-electron chi connectivity index (χ1n) is 8.10. The quantitative estimate of drug-likeness (QED) is 0.875. The lowest BCUT2D eigenvalue weighted by Gasteiger charge is -2.27. The first-order chi connectivity index (χ1) is 10.7. The van der Waals surface area contributed by atoms with E-state index in [-0.39, 0.29) is 0 Å². The Balaban J connectivity index is 1.84. The molecule has 1 heterocycles. The van der Waals surface area contributed by atoms with Crippen molar-refractivity contribution in [1.29, 1.82) is 0 Å². The third-order valence-corrected chi connectivity index (χ3v) is 6.02. The highest BCUT2D eigenvalue weighted by molar-refractivity contribution is 7.56. The van der Waals surface area contributed by atoms with Crippen molar-refractivity contribution in [3.63, 3.8) is 0 Å². The van der Waals surface area contributed by atoms with Crippen molar-refractivity contribution >= 4 is 19.2 Å². The fourth-order valence-electron chi connectivity index (χ4n) is 3.11. The summed E-state index contributed by atoms with van der Waals surface area (Å²) in [6.07, 6.45) is 4.02. The Morgan fingerprint density at radius 1 is 1.00 bits per heavy atom. The van der Waals surface area contributed by atoms with E-state index < -0.39 is 0 Å². The molecule has 1 atom stereocenters. The maximum atomic E-state index is 10.1. The van der Waals surface area contributed by atoms with Gasteiger partial charge in [0, 0.05) is 11.8 Å². The van der Waals surface area contributed by atoms with Gasteiger partial charge in [0.25, 0.3) is 0 Å². The molecule has 2 aromatic carbocycles. The van der Waals surface area contributed by atoms with E-state index in [0.29, 0.717) is 14.3 Å². The van der Waals surface area contributed by atoms with E-state index in [9.17, 15) is 5.11 Å². The number of phenols is 1. The Morgan fingerprint density at radius 2 is 1.77 bits per heavy atom. The molecule has 0 aliphatic carbocycles. The number of phenolic OH excluding ortho intramolecular Hbond substituents is 1. The summed E-state index contributed by atoms with van der Waals surface area (Å²) in [6.45, 7) is 5.65. The van der Waals surface area contributed by atoms with Gasteiger partial charge in [-0.15, -0.1) is 0 Å². The monoisotopic (exact) mass is 313 g/mol. The van der Waals surface area contributed by atoms with Crippen molar-refractivity contribution in [2.45, 2.75) is 32.7 Å². The molecule has 3 rings (SSSR count). The zero-order valence-corrected chi connectivity index (χ0v) is 14.2. The summed E-state index contributed by atoms with van der Waals surface area (Å²) in [5.74, 6) is 0.410. The second-order valence-electron chi connectivity index (χ2n) is 6.09. The van der Waals surface area contributed by atoms with Crippen LogP contribution in [0.25, 0.3) is 0 Å². The van der Waals surface area contributed by atoms with Gasteiger partial charge in [-0.2, -0.15) is 0 Å². The Morgan fingerprint density at radius 3 is 2.55 bits per heavy atom. The predicted molar refractivity (Wildman–Crippen MR) is 96.0 cm³/mol. The summed E-state index contributed by atoms with van der Waals surface area (Å²) in [7, 11) is 0.518. The minimum atomic E-state index is 0.410. The van der Waals surface area contributed by atoms with E-state index in [1.54, 1.807) is 6.07 Å². The number of aryl methyl sites for hydroxylation is 1. The van der Waals surface area contributed by atoms with Crippen molar-refractivity contribution in [3.05, 3.63) is 53.6 Å². The van der Waals surface area contributed by atoms with Crippen molar-refractivity contribution in [2.24, 2.45) is 0 Å². The zero-order chi connectivity index (χ0) is 15.4. The third kappa shape index (κ3) is 3.69. The molecule has 1 aliphatic rings. The Labute approximate surface area is 135 Å². The SMILES string of the molecule is Cc1cccc(CN2CCCCC2)c1Pc1ccccc1O. The van der Waals surface area contributed by atoms with Crippen LogP contribution in [0.2, 0.25) is 0 Å². The molecule has 1 fully saturated rings. The van der Waals surface area contributed by atoms with Gasteiger partial charge < -0.3 is 5.11 Å². The summed E-state index contributed by atoms with van der Waals surface area (Å²) >= 11 is 0. The molecule has 0 radical (unpaired) electrons. The van der Waals surface area contributed by atoms with Gasteiger partial charge in [-0.1, -0.05) is 51.4 Å². The number of para-hydroxylation sites is 1. The average molecular weight is 313 g/mol. The third-order valence-electron chi connectivity index (χ3n) is 4.37. The van der Waals surface area contributed by atoms with Crippen LogP contribution in [0.5, 0.6) is 5.75 Å². The molecule has 1 aliphatic heterocycles. The minimum absolute atomic E-state index is 0.410. The summed E-state index contributed by atoms with van der Waals surface area (Å²) in [5.41, 5.74) is 2.75. The lowest BCUT2D eigenvalue weighted by Crippen LogP contribution is -2.31. The fraction of sp³-hybridized carbons (Fsp3) is 0.368. The van der Waals surface area contributed by atoms with Crippen LogP contribution in [-0.2, 0) is 6.54 Å². The predicted octanol–water partition coefficient (Wildman–Crippen LogP) is 3.32. The van der Waals surface area contributed by atoms with Crippen LogP contribution in [0.1, 0.15) is 30.4 Å². The zero-order valence-electron chi connectivity index (χ0n) is 13.2. The lowest BCUT2D eigenvalue weighted by molar-refractivity contribution is 0.221. The van der Waals surface area contributed by atoms with Crippen LogP contribution in [0.15, 0.2) is 42.5 Å². The Bertz CT molecular complexity index is 635. The summed E-state index contributed by atoms with van der Waals surface area (Å²) in [6, 6.07) is 14.3. The second kappa shape index (κ2) is 7.26. The van der Waals surface area contributed by atoms with Crippen molar-refractivity contribution in [3.8, 4) is 5.75 Å². The number of piperidine rings is 1. The number of benzene rings is 2. The van der Waals surface area contributed by atoms with Gasteiger partial charge in [0.05, 0.1) is 0 Å². The van der Waals surface area contributed by atoms with Crippen LogP contribution >= 0.6 is 8.58 Å². The second-order valence-corrected chi connectivity index (χ2v) is 7.38. The highest BCUT2D eigenvalue weighted by atomic mass is 31.1. The summed E-state index contributed by atoms with van der Waals surface area (Å²) in [4.78, 5) is 2.57. The van der Waals surface area contributed by atoms with E-state index in [2.05, 4.69) is 30.0 Å². The van der Waals surface area contributed by atoms with Crippen LogP contribution < -0.4 is 10.6 Å². The Hall–Kier alpha value is -1.37. The summed E-state index contributed by atoms with van der Waals surface area (Å²) in [5, 5.41) is 12.5. The molecule has 0 bridgehead atoms. The molecule has 0 amide bonds. The van der Waals surface area contributed by atoms with E-state index in [0.717, 1.165) is 11.8 Å². The fourth-order valence-corrected chi connectivity index (χ4v) is 4.38. The molecule has 3 heteroatoms. The molecule has 1 unspecified atom stereocenters. The molecule has 0 spiro atoms. The van der Waals surface area contributed by atoms with Crippen LogP contribution in [-0.4, -0.2) is 23.1 Å². The van der Waals surface area contributed by atoms with E-state index in [1.807, 2.05) is 18.2 Å². The number of rotatable bonds is 4.